The lowest BCUT2D eigenvalue weighted by Gasteiger charge is -2.11. The maximum Gasteiger partial charge on any atom is 0.408 e. The lowest BCUT2D eigenvalue weighted by atomic mass is 10.4. The molecular formula is C11H13ClF3N3O3. The van der Waals surface area contributed by atoms with Gasteiger partial charge in [-0.2, -0.15) is 18.3 Å². The Morgan fingerprint density at radius 3 is 2.76 bits per heavy atom. The fourth-order valence-corrected chi connectivity index (χ4v) is 1.62. The predicted molar refractivity (Wildman–Crippen MR) is 69.3 cm³/mol. The van der Waals surface area contributed by atoms with E-state index in [1.54, 1.807) is 6.92 Å². The van der Waals surface area contributed by atoms with Crippen molar-refractivity contribution >= 4 is 23.3 Å². The van der Waals surface area contributed by atoms with E-state index in [4.69, 9.17) is 11.6 Å². The molecule has 0 bridgehead atoms. The number of carbonyl (C=O) groups is 1. The minimum absolute atomic E-state index is 0.0236. The summed E-state index contributed by atoms with van der Waals surface area (Å²) in [4.78, 5) is 22.7. The molecule has 1 rings (SSSR count). The number of rotatable bonds is 6. The van der Waals surface area contributed by atoms with E-state index in [2.05, 4.69) is 15.2 Å². The van der Waals surface area contributed by atoms with Crippen molar-refractivity contribution in [3.8, 4) is 0 Å². The van der Waals surface area contributed by atoms with Crippen LogP contribution in [-0.2, 0) is 16.1 Å². The molecular weight excluding hydrogens is 315 g/mol. The zero-order valence-electron chi connectivity index (χ0n) is 11.0. The summed E-state index contributed by atoms with van der Waals surface area (Å²) in [7, 11) is 0. The van der Waals surface area contributed by atoms with Gasteiger partial charge in [0, 0.05) is 6.54 Å². The molecule has 1 aromatic rings. The first-order chi connectivity index (χ1) is 9.74. The molecule has 10 heteroatoms. The number of carbonyl (C=O) groups excluding carboxylic acids is 1. The summed E-state index contributed by atoms with van der Waals surface area (Å²) >= 11 is 5.68. The van der Waals surface area contributed by atoms with Crippen molar-refractivity contribution in [1.29, 1.82) is 0 Å². The zero-order chi connectivity index (χ0) is 16.0. The second-order valence-corrected chi connectivity index (χ2v) is 4.31. The van der Waals surface area contributed by atoms with Gasteiger partial charge in [0.2, 0.25) is 0 Å². The number of hydrogen-bond acceptors (Lipinski definition) is 5. The van der Waals surface area contributed by atoms with Crippen LogP contribution in [0.4, 0.5) is 18.9 Å². The van der Waals surface area contributed by atoms with Gasteiger partial charge in [0.15, 0.2) is 0 Å². The Kier molecular flexibility index (Phi) is 6.01. The third-order valence-corrected chi connectivity index (χ3v) is 2.63. The quantitative estimate of drug-likeness (QED) is 0.807. The molecule has 0 amide bonds. The van der Waals surface area contributed by atoms with Crippen LogP contribution in [0.25, 0.3) is 0 Å². The Balaban J connectivity index is 2.72. The molecule has 0 aromatic carbocycles. The smallest absolute Gasteiger partial charge is 0.408 e. The van der Waals surface area contributed by atoms with Crippen molar-refractivity contribution < 1.29 is 22.7 Å². The fraction of sp³-hybridized carbons (Fsp3) is 0.545. The summed E-state index contributed by atoms with van der Waals surface area (Å²) in [6.45, 7) is 0.499. The number of nitrogens with one attached hydrogen (secondary N) is 1. The average molecular weight is 328 g/mol. The number of ether oxygens (including phenoxy) is 1. The molecule has 0 aliphatic carbocycles. The monoisotopic (exact) mass is 327 g/mol. The molecule has 0 aliphatic rings. The van der Waals surface area contributed by atoms with E-state index >= 15 is 0 Å². The lowest BCUT2D eigenvalue weighted by molar-refractivity contribution is -0.144. The average Bonchev–Trinajstić information content (AvgIpc) is 2.37. The third kappa shape index (κ3) is 5.62. The molecule has 0 saturated heterocycles. The van der Waals surface area contributed by atoms with Crippen molar-refractivity contribution in [2.45, 2.75) is 26.1 Å². The highest BCUT2D eigenvalue weighted by molar-refractivity contribution is 6.32. The van der Waals surface area contributed by atoms with Gasteiger partial charge in [0.05, 0.1) is 24.9 Å². The number of anilines is 1. The minimum atomic E-state index is -4.57. The number of halogens is 4. The summed E-state index contributed by atoms with van der Waals surface area (Å²) in [5.41, 5.74) is -1.00. The van der Waals surface area contributed by atoms with E-state index in [9.17, 15) is 22.8 Å². The Labute approximate surface area is 122 Å². The largest absolute Gasteiger partial charge is 0.466 e. The van der Waals surface area contributed by atoms with Crippen molar-refractivity contribution in [2.24, 2.45) is 0 Å². The van der Waals surface area contributed by atoms with Gasteiger partial charge in [0.1, 0.15) is 11.6 Å². The second kappa shape index (κ2) is 7.30. The van der Waals surface area contributed by atoms with Crippen LogP contribution in [0.3, 0.4) is 0 Å². The van der Waals surface area contributed by atoms with Crippen molar-refractivity contribution in [2.75, 3.05) is 18.5 Å². The van der Waals surface area contributed by atoms with Crippen LogP contribution in [0.15, 0.2) is 11.0 Å². The van der Waals surface area contributed by atoms with Crippen molar-refractivity contribution in [3.63, 3.8) is 0 Å². The summed E-state index contributed by atoms with van der Waals surface area (Å²) in [6, 6.07) is 0. The number of aromatic nitrogens is 2. The van der Waals surface area contributed by atoms with Crippen molar-refractivity contribution in [3.05, 3.63) is 21.6 Å². The molecule has 1 N–H and O–H groups in total. The summed E-state index contributed by atoms with van der Waals surface area (Å²) < 4.78 is 41.5. The molecule has 1 aromatic heterocycles. The predicted octanol–water partition coefficient (Wildman–Crippen LogP) is 1.82. The Hall–Kier alpha value is -1.77. The topological polar surface area (TPSA) is 73.2 Å². The number of nitrogens with zero attached hydrogens (tertiary/aromatic N) is 2. The summed E-state index contributed by atoms with van der Waals surface area (Å²) in [6.07, 6.45) is -3.55. The maximum absolute atomic E-state index is 12.2. The highest BCUT2D eigenvalue weighted by atomic mass is 35.5. The molecule has 0 radical (unpaired) electrons. The van der Waals surface area contributed by atoms with Crippen LogP contribution in [0, 0.1) is 0 Å². The Morgan fingerprint density at radius 1 is 1.52 bits per heavy atom. The molecule has 0 aliphatic heterocycles. The summed E-state index contributed by atoms with van der Waals surface area (Å²) in [5, 5.41) is 5.60. The molecule has 0 spiro atoms. The molecule has 0 atom stereocenters. The van der Waals surface area contributed by atoms with E-state index in [0.717, 1.165) is 6.20 Å². The Morgan fingerprint density at radius 2 is 2.19 bits per heavy atom. The van der Waals surface area contributed by atoms with E-state index in [0.29, 0.717) is 0 Å². The van der Waals surface area contributed by atoms with Gasteiger partial charge >= 0.3 is 12.1 Å². The van der Waals surface area contributed by atoms with Gasteiger partial charge in [0.25, 0.3) is 5.56 Å². The van der Waals surface area contributed by atoms with Gasteiger partial charge in [-0.3, -0.25) is 9.59 Å². The zero-order valence-corrected chi connectivity index (χ0v) is 11.8. The SMILES string of the molecule is CCOC(=O)CCNc1cnn(CC(F)(F)F)c(=O)c1Cl. The molecule has 0 saturated carbocycles. The first-order valence-corrected chi connectivity index (χ1v) is 6.34. The highest BCUT2D eigenvalue weighted by Crippen LogP contribution is 2.19. The van der Waals surface area contributed by atoms with Crippen molar-refractivity contribution in [1.82, 2.24) is 9.78 Å². The van der Waals surface area contributed by atoms with Gasteiger partial charge in [-0.1, -0.05) is 11.6 Å². The highest BCUT2D eigenvalue weighted by Gasteiger charge is 2.29. The van der Waals surface area contributed by atoms with Gasteiger partial charge in [-0.05, 0) is 6.92 Å². The van der Waals surface area contributed by atoms with Crippen LogP contribution < -0.4 is 10.9 Å². The van der Waals surface area contributed by atoms with Crippen LogP contribution in [0.5, 0.6) is 0 Å². The minimum Gasteiger partial charge on any atom is -0.466 e. The second-order valence-electron chi connectivity index (χ2n) is 3.93. The molecule has 118 valence electrons. The van der Waals surface area contributed by atoms with Crippen LogP contribution >= 0.6 is 11.6 Å². The first-order valence-electron chi connectivity index (χ1n) is 5.96. The normalized spacial score (nSPS) is 11.3. The van der Waals surface area contributed by atoms with Crippen LogP contribution in [-0.4, -0.2) is 35.1 Å². The van der Waals surface area contributed by atoms with E-state index in [1.807, 2.05) is 0 Å². The molecule has 21 heavy (non-hydrogen) atoms. The number of esters is 1. The van der Waals surface area contributed by atoms with Gasteiger partial charge in [-0.15, -0.1) is 0 Å². The molecule has 0 fully saturated rings. The van der Waals surface area contributed by atoms with Crippen LogP contribution in [0.2, 0.25) is 5.02 Å². The van der Waals surface area contributed by atoms with E-state index in [1.165, 1.54) is 0 Å². The lowest BCUT2D eigenvalue weighted by Crippen LogP contribution is -2.31. The third-order valence-electron chi connectivity index (χ3n) is 2.26. The van der Waals surface area contributed by atoms with Gasteiger partial charge in [-0.25, -0.2) is 4.68 Å². The molecule has 1 heterocycles. The standard InChI is InChI=1S/C11H13ClF3N3O3/c1-2-21-8(19)3-4-16-7-5-17-18(6-11(13,14)15)10(20)9(7)12/h5,16H,2-4,6H2,1H3. The van der Waals surface area contributed by atoms with E-state index in [-0.39, 0.29) is 29.9 Å². The van der Waals surface area contributed by atoms with Crippen LogP contribution in [0.1, 0.15) is 13.3 Å². The Bertz CT molecular complexity index is 560. The van der Waals surface area contributed by atoms with Gasteiger partial charge < -0.3 is 10.1 Å². The number of hydrogen-bond donors (Lipinski definition) is 1. The first kappa shape index (κ1) is 17.3. The van der Waals surface area contributed by atoms with E-state index < -0.39 is 29.3 Å². The summed E-state index contributed by atoms with van der Waals surface area (Å²) in [5.74, 6) is -0.445. The molecule has 0 unspecified atom stereocenters. The fourth-order valence-electron chi connectivity index (χ4n) is 1.40. The maximum atomic E-state index is 12.2. The number of alkyl halides is 3. The molecule has 6 nitrogen and oxygen atoms in total.